The molecule has 0 bridgehead atoms. The average molecular weight is 253 g/mol. The van der Waals surface area contributed by atoms with Crippen LogP contribution in [0.4, 0.5) is 0 Å². The first-order chi connectivity index (χ1) is 9.27. The number of rotatable bonds is 4. The van der Waals surface area contributed by atoms with Gasteiger partial charge < -0.3 is 4.74 Å². The smallest absolute Gasteiger partial charge is 0.314 e. The molecule has 2 aromatic carbocycles. The second kappa shape index (κ2) is 6.01. The minimum Gasteiger partial charge on any atom is -0.465 e. The summed E-state index contributed by atoms with van der Waals surface area (Å²) in [7, 11) is 0. The molecule has 96 valence electrons. The van der Waals surface area contributed by atoms with Crippen molar-refractivity contribution in [2.45, 2.75) is 19.3 Å². The number of ether oxygens (including phenoxy) is 1. The Hall–Kier alpha value is -2.34. The number of esters is 1. The highest BCUT2D eigenvalue weighted by molar-refractivity contribution is 5.91. The van der Waals surface area contributed by atoms with Crippen LogP contribution in [0.1, 0.15) is 24.8 Å². The van der Waals surface area contributed by atoms with E-state index in [1.165, 1.54) is 0 Å². The van der Waals surface area contributed by atoms with Gasteiger partial charge in [-0.3, -0.25) is 4.79 Å². The van der Waals surface area contributed by atoms with Gasteiger partial charge in [0.05, 0.1) is 25.0 Å². The molecule has 2 rings (SSSR count). The summed E-state index contributed by atoms with van der Waals surface area (Å²) in [4.78, 5) is 12.0. The molecule has 0 aliphatic carbocycles. The van der Waals surface area contributed by atoms with Crippen molar-refractivity contribution in [3.8, 4) is 6.07 Å². The monoisotopic (exact) mass is 253 g/mol. The largest absolute Gasteiger partial charge is 0.465 e. The molecule has 0 N–H and O–H groups in total. The molecule has 0 fully saturated rings. The van der Waals surface area contributed by atoms with E-state index in [9.17, 15) is 4.79 Å². The van der Waals surface area contributed by atoms with Crippen molar-refractivity contribution in [2.24, 2.45) is 0 Å². The number of carbonyl (C=O) groups is 1. The fourth-order valence-electron chi connectivity index (χ4n) is 2.21. The van der Waals surface area contributed by atoms with Crippen molar-refractivity contribution in [3.63, 3.8) is 0 Å². The molecule has 3 nitrogen and oxygen atoms in total. The van der Waals surface area contributed by atoms with Gasteiger partial charge in [0, 0.05) is 0 Å². The van der Waals surface area contributed by atoms with E-state index in [0.29, 0.717) is 6.61 Å². The first-order valence-electron chi connectivity index (χ1n) is 6.29. The number of nitrogens with zero attached hydrogens (tertiary/aromatic N) is 1. The molecule has 1 unspecified atom stereocenters. The summed E-state index contributed by atoms with van der Waals surface area (Å²) >= 11 is 0. The van der Waals surface area contributed by atoms with Crippen LogP contribution in [0.5, 0.6) is 0 Å². The Kier molecular flexibility index (Phi) is 4.15. The highest BCUT2D eigenvalue weighted by Gasteiger charge is 2.23. The molecule has 0 radical (unpaired) electrons. The first-order valence-corrected chi connectivity index (χ1v) is 6.29. The SMILES string of the molecule is CCOC(=O)C(CC#N)c1cccc2ccccc12. The van der Waals surface area contributed by atoms with Crippen molar-refractivity contribution in [2.75, 3.05) is 6.61 Å². The molecule has 0 saturated heterocycles. The third kappa shape index (κ3) is 2.74. The molecule has 3 heteroatoms. The summed E-state index contributed by atoms with van der Waals surface area (Å²) < 4.78 is 5.07. The Labute approximate surface area is 112 Å². The summed E-state index contributed by atoms with van der Waals surface area (Å²) in [6, 6.07) is 15.7. The van der Waals surface area contributed by atoms with Gasteiger partial charge in [-0.1, -0.05) is 42.5 Å². The van der Waals surface area contributed by atoms with E-state index in [2.05, 4.69) is 6.07 Å². The highest BCUT2D eigenvalue weighted by atomic mass is 16.5. The lowest BCUT2D eigenvalue weighted by Gasteiger charge is -2.15. The lowest BCUT2D eigenvalue weighted by molar-refractivity contribution is -0.144. The third-order valence-corrected chi connectivity index (χ3v) is 3.07. The van der Waals surface area contributed by atoms with Crippen LogP contribution in [0.2, 0.25) is 0 Å². The number of fused-ring (bicyclic) bond motifs is 1. The number of hydrogen-bond donors (Lipinski definition) is 0. The third-order valence-electron chi connectivity index (χ3n) is 3.07. The maximum absolute atomic E-state index is 12.0. The van der Waals surface area contributed by atoms with Crippen LogP contribution in [-0.4, -0.2) is 12.6 Å². The number of carbonyl (C=O) groups excluding carboxylic acids is 1. The van der Waals surface area contributed by atoms with E-state index in [1.807, 2.05) is 42.5 Å². The van der Waals surface area contributed by atoms with Crippen molar-refractivity contribution >= 4 is 16.7 Å². The second-order valence-electron chi connectivity index (χ2n) is 4.24. The summed E-state index contributed by atoms with van der Waals surface area (Å²) in [5, 5.41) is 11.0. The molecule has 2 aromatic rings. The minimum absolute atomic E-state index is 0.132. The zero-order valence-corrected chi connectivity index (χ0v) is 10.8. The Morgan fingerprint density at radius 2 is 2.00 bits per heavy atom. The maximum Gasteiger partial charge on any atom is 0.314 e. The van der Waals surface area contributed by atoms with E-state index in [1.54, 1.807) is 6.92 Å². The number of nitriles is 1. The van der Waals surface area contributed by atoms with Crippen LogP contribution in [-0.2, 0) is 9.53 Å². The summed E-state index contributed by atoms with van der Waals surface area (Å²) in [6.07, 6.45) is 0.132. The molecule has 0 aromatic heterocycles. The van der Waals surface area contributed by atoms with Crippen LogP contribution in [0.15, 0.2) is 42.5 Å². The quantitative estimate of drug-likeness (QED) is 0.785. The van der Waals surface area contributed by atoms with Crippen LogP contribution in [0.3, 0.4) is 0 Å². The molecular formula is C16H15NO2. The normalized spacial score (nSPS) is 11.8. The topological polar surface area (TPSA) is 50.1 Å². The highest BCUT2D eigenvalue weighted by Crippen LogP contribution is 2.28. The fraction of sp³-hybridized carbons (Fsp3) is 0.250. The standard InChI is InChI=1S/C16H15NO2/c1-2-19-16(18)15(10-11-17)14-9-5-7-12-6-3-4-8-13(12)14/h3-9,15H,2,10H2,1H3. The predicted molar refractivity (Wildman–Crippen MR) is 73.6 cm³/mol. The van der Waals surface area contributed by atoms with Gasteiger partial charge in [0.1, 0.15) is 0 Å². The van der Waals surface area contributed by atoms with Gasteiger partial charge in [-0.15, -0.1) is 0 Å². The van der Waals surface area contributed by atoms with Gasteiger partial charge in [-0.2, -0.15) is 5.26 Å². The molecule has 0 saturated carbocycles. The molecule has 1 atom stereocenters. The number of hydrogen-bond acceptors (Lipinski definition) is 3. The first kappa shape index (κ1) is 13.1. The van der Waals surface area contributed by atoms with Crippen LogP contribution < -0.4 is 0 Å². The second-order valence-corrected chi connectivity index (χ2v) is 4.24. The Balaban J connectivity index is 2.50. The zero-order chi connectivity index (χ0) is 13.7. The van der Waals surface area contributed by atoms with Crippen LogP contribution >= 0.6 is 0 Å². The van der Waals surface area contributed by atoms with Crippen molar-refractivity contribution in [1.82, 2.24) is 0 Å². The zero-order valence-electron chi connectivity index (χ0n) is 10.8. The molecule has 0 amide bonds. The molecule has 0 aliphatic rings. The van der Waals surface area contributed by atoms with E-state index in [-0.39, 0.29) is 12.4 Å². The lowest BCUT2D eigenvalue weighted by Crippen LogP contribution is -2.16. The fourth-order valence-corrected chi connectivity index (χ4v) is 2.21. The maximum atomic E-state index is 12.0. The van der Waals surface area contributed by atoms with Gasteiger partial charge >= 0.3 is 5.97 Å². The van der Waals surface area contributed by atoms with Crippen molar-refractivity contribution in [3.05, 3.63) is 48.0 Å². The Morgan fingerprint density at radius 1 is 1.26 bits per heavy atom. The molecule has 0 aliphatic heterocycles. The van der Waals surface area contributed by atoms with Gasteiger partial charge in [0.2, 0.25) is 0 Å². The summed E-state index contributed by atoms with van der Waals surface area (Å²) in [5.41, 5.74) is 0.859. The van der Waals surface area contributed by atoms with E-state index in [4.69, 9.17) is 10.00 Å². The van der Waals surface area contributed by atoms with Crippen LogP contribution in [0, 0.1) is 11.3 Å². The number of benzene rings is 2. The van der Waals surface area contributed by atoms with E-state index >= 15 is 0 Å². The van der Waals surface area contributed by atoms with Gasteiger partial charge in [0.15, 0.2) is 0 Å². The van der Waals surface area contributed by atoms with Gasteiger partial charge in [0.25, 0.3) is 0 Å². The average Bonchev–Trinajstić information content (AvgIpc) is 2.44. The summed E-state index contributed by atoms with van der Waals surface area (Å²) in [5.74, 6) is -0.851. The molecular weight excluding hydrogens is 238 g/mol. The Morgan fingerprint density at radius 3 is 2.74 bits per heavy atom. The van der Waals surface area contributed by atoms with E-state index in [0.717, 1.165) is 16.3 Å². The van der Waals surface area contributed by atoms with Crippen molar-refractivity contribution in [1.29, 1.82) is 5.26 Å². The lowest BCUT2D eigenvalue weighted by atomic mass is 9.91. The minimum atomic E-state index is -0.518. The van der Waals surface area contributed by atoms with E-state index < -0.39 is 5.92 Å². The predicted octanol–water partition coefficient (Wildman–Crippen LogP) is 3.40. The molecule has 0 heterocycles. The van der Waals surface area contributed by atoms with Gasteiger partial charge in [-0.25, -0.2) is 0 Å². The molecule has 0 spiro atoms. The van der Waals surface area contributed by atoms with Gasteiger partial charge in [-0.05, 0) is 23.3 Å². The molecule has 19 heavy (non-hydrogen) atoms. The summed E-state index contributed by atoms with van der Waals surface area (Å²) in [6.45, 7) is 2.09. The van der Waals surface area contributed by atoms with Crippen molar-refractivity contribution < 1.29 is 9.53 Å². The van der Waals surface area contributed by atoms with Crippen LogP contribution in [0.25, 0.3) is 10.8 Å². The Bertz CT molecular complexity index is 623.